The molecule has 0 saturated carbocycles. The second kappa shape index (κ2) is 6.11. The van der Waals surface area contributed by atoms with Crippen LogP contribution < -0.4 is 10.5 Å². The normalized spacial score (nSPS) is 10.3. The summed E-state index contributed by atoms with van der Waals surface area (Å²) in [5.41, 5.74) is 5.97. The molecule has 0 heterocycles. The Morgan fingerprint density at radius 1 is 1.20 bits per heavy atom. The van der Waals surface area contributed by atoms with Crippen LogP contribution in [0.15, 0.2) is 36.4 Å². The predicted molar refractivity (Wildman–Crippen MR) is 75.7 cm³/mol. The van der Waals surface area contributed by atoms with Crippen LogP contribution in [0.3, 0.4) is 0 Å². The number of hydrogen-bond donors (Lipinski definition) is 1. The van der Waals surface area contributed by atoms with Gasteiger partial charge >= 0.3 is 0 Å². The van der Waals surface area contributed by atoms with E-state index in [1.807, 2.05) is 0 Å². The molecule has 2 rings (SSSR count). The topological polar surface area (TPSA) is 52.3 Å². The summed E-state index contributed by atoms with van der Waals surface area (Å²) >= 11 is 12.0. The number of carbonyl (C=O) groups excluding carboxylic acids is 1. The van der Waals surface area contributed by atoms with E-state index in [1.54, 1.807) is 12.1 Å². The van der Waals surface area contributed by atoms with E-state index >= 15 is 0 Å². The van der Waals surface area contributed by atoms with Crippen LogP contribution in [0.5, 0.6) is 5.75 Å². The van der Waals surface area contributed by atoms with Gasteiger partial charge in [0.2, 0.25) is 5.91 Å². The standard InChI is InChI=1S/C14H10Cl2FNO2/c15-11-5-9(14(18)19)6-12(16)13(11)20-7-8-2-1-3-10(17)4-8/h1-6H,7H2,(H2,18,19). The Labute approximate surface area is 125 Å². The van der Waals surface area contributed by atoms with Gasteiger partial charge in [-0.15, -0.1) is 0 Å². The number of halogens is 3. The van der Waals surface area contributed by atoms with Crippen molar-refractivity contribution in [2.24, 2.45) is 5.73 Å². The highest BCUT2D eigenvalue weighted by Crippen LogP contribution is 2.34. The molecular formula is C14H10Cl2FNO2. The minimum atomic E-state index is -0.634. The molecule has 0 saturated heterocycles. The van der Waals surface area contributed by atoms with Crippen molar-refractivity contribution in [2.45, 2.75) is 6.61 Å². The lowest BCUT2D eigenvalue weighted by Crippen LogP contribution is -2.11. The lowest BCUT2D eigenvalue weighted by Gasteiger charge is -2.11. The lowest BCUT2D eigenvalue weighted by atomic mass is 10.2. The number of carbonyl (C=O) groups is 1. The summed E-state index contributed by atoms with van der Waals surface area (Å²) in [6, 6.07) is 8.72. The largest absolute Gasteiger partial charge is 0.486 e. The molecule has 104 valence electrons. The Balaban J connectivity index is 2.20. The molecule has 20 heavy (non-hydrogen) atoms. The molecule has 0 radical (unpaired) electrons. The third-order valence-electron chi connectivity index (χ3n) is 2.56. The molecule has 0 atom stereocenters. The van der Waals surface area contributed by atoms with Crippen LogP contribution in [0, 0.1) is 5.82 Å². The van der Waals surface area contributed by atoms with E-state index in [2.05, 4.69) is 0 Å². The van der Waals surface area contributed by atoms with Crippen molar-refractivity contribution in [1.29, 1.82) is 0 Å². The van der Waals surface area contributed by atoms with Crippen LogP contribution >= 0.6 is 23.2 Å². The highest BCUT2D eigenvalue weighted by Gasteiger charge is 2.12. The van der Waals surface area contributed by atoms with E-state index < -0.39 is 5.91 Å². The van der Waals surface area contributed by atoms with Crippen molar-refractivity contribution in [2.75, 3.05) is 0 Å². The Kier molecular flexibility index (Phi) is 4.47. The van der Waals surface area contributed by atoms with Gasteiger partial charge in [0, 0.05) is 5.56 Å². The van der Waals surface area contributed by atoms with Crippen LogP contribution in [-0.2, 0) is 6.61 Å². The summed E-state index contributed by atoms with van der Waals surface area (Å²) in [6.07, 6.45) is 0. The Bertz CT molecular complexity index is 638. The van der Waals surface area contributed by atoms with Gasteiger partial charge in [-0.2, -0.15) is 0 Å². The number of benzene rings is 2. The van der Waals surface area contributed by atoms with Crippen LogP contribution in [0.2, 0.25) is 10.0 Å². The predicted octanol–water partition coefficient (Wildman–Crippen LogP) is 3.81. The molecule has 0 aliphatic carbocycles. The quantitative estimate of drug-likeness (QED) is 0.933. The van der Waals surface area contributed by atoms with Crippen molar-refractivity contribution in [3.8, 4) is 5.75 Å². The second-order valence-corrected chi connectivity index (χ2v) is 4.87. The summed E-state index contributed by atoms with van der Waals surface area (Å²) < 4.78 is 18.5. The summed E-state index contributed by atoms with van der Waals surface area (Å²) in [4.78, 5) is 11.1. The molecule has 2 N–H and O–H groups in total. The third-order valence-corrected chi connectivity index (χ3v) is 3.12. The minimum absolute atomic E-state index is 0.104. The molecule has 3 nitrogen and oxygen atoms in total. The molecule has 2 aromatic rings. The first-order valence-electron chi connectivity index (χ1n) is 5.63. The van der Waals surface area contributed by atoms with Gasteiger partial charge in [-0.1, -0.05) is 35.3 Å². The van der Waals surface area contributed by atoms with E-state index in [9.17, 15) is 9.18 Å². The highest BCUT2D eigenvalue weighted by molar-refractivity contribution is 6.37. The van der Waals surface area contributed by atoms with Crippen LogP contribution in [0.4, 0.5) is 4.39 Å². The molecule has 0 spiro atoms. The van der Waals surface area contributed by atoms with Crippen molar-refractivity contribution >= 4 is 29.1 Å². The molecule has 0 aliphatic heterocycles. The van der Waals surface area contributed by atoms with Gasteiger partial charge in [0.25, 0.3) is 0 Å². The third kappa shape index (κ3) is 3.40. The second-order valence-electron chi connectivity index (χ2n) is 4.05. The molecule has 6 heteroatoms. The first-order valence-corrected chi connectivity index (χ1v) is 6.39. The monoisotopic (exact) mass is 313 g/mol. The fourth-order valence-corrected chi connectivity index (χ4v) is 2.22. The van der Waals surface area contributed by atoms with Gasteiger partial charge in [-0.25, -0.2) is 4.39 Å². The Morgan fingerprint density at radius 3 is 2.40 bits per heavy atom. The van der Waals surface area contributed by atoms with Crippen molar-refractivity contribution in [3.63, 3.8) is 0 Å². The van der Waals surface area contributed by atoms with Crippen molar-refractivity contribution < 1.29 is 13.9 Å². The molecule has 1 amide bonds. The van der Waals surface area contributed by atoms with Gasteiger partial charge < -0.3 is 10.5 Å². The average molecular weight is 314 g/mol. The molecule has 0 bridgehead atoms. The van der Waals surface area contributed by atoms with Crippen LogP contribution in [0.25, 0.3) is 0 Å². The molecular weight excluding hydrogens is 304 g/mol. The zero-order chi connectivity index (χ0) is 14.7. The molecule has 0 aliphatic rings. The van der Waals surface area contributed by atoms with Gasteiger partial charge in [-0.05, 0) is 29.8 Å². The average Bonchev–Trinajstić information content (AvgIpc) is 2.37. The van der Waals surface area contributed by atoms with E-state index in [4.69, 9.17) is 33.7 Å². The van der Waals surface area contributed by atoms with E-state index in [1.165, 1.54) is 24.3 Å². The van der Waals surface area contributed by atoms with Gasteiger partial charge in [0.15, 0.2) is 5.75 Å². The molecule has 2 aromatic carbocycles. The number of rotatable bonds is 4. The first-order chi connectivity index (χ1) is 9.47. The number of primary amides is 1. The molecule has 0 unspecified atom stereocenters. The lowest BCUT2D eigenvalue weighted by molar-refractivity contribution is 0.1000. The first kappa shape index (κ1) is 14.6. The Hall–Kier alpha value is -1.78. The number of hydrogen-bond acceptors (Lipinski definition) is 2. The summed E-state index contributed by atoms with van der Waals surface area (Å²) in [6.45, 7) is 0.104. The zero-order valence-corrected chi connectivity index (χ0v) is 11.7. The molecule has 0 aromatic heterocycles. The van der Waals surface area contributed by atoms with E-state index in [0.717, 1.165) is 0 Å². The highest BCUT2D eigenvalue weighted by atomic mass is 35.5. The van der Waals surface area contributed by atoms with Gasteiger partial charge in [0.1, 0.15) is 12.4 Å². The maximum absolute atomic E-state index is 13.0. The number of amides is 1. The van der Waals surface area contributed by atoms with Gasteiger partial charge in [0.05, 0.1) is 10.0 Å². The van der Waals surface area contributed by atoms with E-state index in [-0.39, 0.29) is 33.8 Å². The summed E-state index contributed by atoms with van der Waals surface area (Å²) in [5, 5.41) is 0.338. The smallest absolute Gasteiger partial charge is 0.248 e. The fraction of sp³-hybridized carbons (Fsp3) is 0.0714. The van der Waals surface area contributed by atoms with Crippen molar-refractivity contribution in [3.05, 3.63) is 63.4 Å². The summed E-state index contributed by atoms with van der Waals surface area (Å²) in [5.74, 6) is -0.763. The maximum atomic E-state index is 13.0. The van der Waals surface area contributed by atoms with E-state index in [0.29, 0.717) is 5.56 Å². The summed E-state index contributed by atoms with van der Waals surface area (Å²) in [7, 11) is 0. The number of nitrogens with two attached hydrogens (primary N) is 1. The number of ether oxygens (including phenoxy) is 1. The minimum Gasteiger partial charge on any atom is -0.486 e. The maximum Gasteiger partial charge on any atom is 0.248 e. The molecule has 0 fully saturated rings. The zero-order valence-electron chi connectivity index (χ0n) is 10.2. The SMILES string of the molecule is NC(=O)c1cc(Cl)c(OCc2cccc(F)c2)c(Cl)c1. The van der Waals surface area contributed by atoms with Crippen LogP contribution in [0.1, 0.15) is 15.9 Å². The Morgan fingerprint density at radius 2 is 1.85 bits per heavy atom. The van der Waals surface area contributed by atoms with Crippen LogP contribution in [-0.4, -0.2) is 5.91 Å². The van der Waals surface area contributed by atoms with Crippen molar-refractivity contribution in [1.82, 2.24) is 0 Å². The van der Waals surface area contributed by atoms with Gasteiger partial charge in [-0.3, -0.25) is 4.79 Å². The fourth-order valence-electron chi connectivity index (χ4n) is 1.62.